The quantitative estimate of drug-likeness (QED) is 0.622. The number of halogens is 1. The van der Waals surface area contributed by atoms with Crippen LogP contribution in [-0.4, -0.2) is 40.9 Å². The van der Waals surface area contributed by atoms with Gasteiger partial charge >= 0.3 is 0 Å². The van der Waals surface area contributed by atoms with E-state index in [9.17, 15) is 17.9 Å². The summed E-state index contributed by atoms with van der Waals surface area (Å²) in [5.41, 5.74) is 0.586. The largest absolute Gasteiger partial charge is 0.493 e. The van der Waals surface area contributed by atoms with E-state index in [1.807, 2.05) is 0 Å². The number of nitrogens with one attached hydrogen (secondary N) is 1. The number of pyridine rings is 1. The number of aromatic nitrogens is 2. The average molecular weight is 391 g/mol. The van der Waals surface area contributed by atoms with Gasteiger partial charge in [-0.3, -0.25) is 0 Å². The molecule has 0 radical (unpaired) electrons. The number of rotatable bonds is 6. The Kier molecular flexibility index (Phi) is 5.19. The van der Waals surface area contributed by atoms with Crippen molar-refractivity contribution in [1.29, 1.82) is 0 Å². The van der Waals surface area contributed by atoms with Gasteiger partial charge in [0.05, 0.1) is 5.52 Å². The Hall–Kier alpha value is -2.85. The van der Waals surface area contributed by atoms with Crippen LogP contribution in [0.3, 0.4) is 0 Å². The fourth-order valence-corrected chi connectivity index (χ4v) is 4.04. The van der Waals surface area contributed by atoms with Gasteiger partial charge < -0.3 is 10.1 Å². The van der Waals surface area contributed by atoms with Gasteiger partial charge in [0.1, 0.15) is 10.7 Å². The molecule has 2 heterocycles. The molecular weight excluding hydrogens is 373 g/mol. The molecule has 3 aromatic rings. The summed E-state index contributed by atoms with van der Waals surface area (Å²) in [7, 11) is -3.60. The molecule has 0 aliphatic heterocycles. The van der Waals surface area contributed by atoms with Crippen molar-refractivity contribution >= 4 is 32.4 Å². The van der Waals surface area contributed by atoms with E-state index in [-0.39, 0.29) is 22.3 Å². The second kappa shape index (κ2) is 7.41. The van der Waals surface area contributed by atoms with Crippen LogP contribution in [0.1, 0.15) is 13.8 Å². The third-order valence-corrected chi connectivity index (χ3v) is 6.06. The van der Waals surface area contributed by atoms with Gasteiger partial charge in [-0.15, -0.1) is 10.2 Å². The molecule has 2 aromatic heterocycles. The van der Waals surface area contributed by atoms with Crippen molar-refractivity contribution in [3.8, 4) is 5.88 Å². The van der Waals surface area contributed by atoms with E-state index in [4.69, 9.17) is 0 Å². The minimum atomic E-state index is -3.60. The summed E-state index contributed by atoms with van der Waals surface area (Å²) < 4.78 is 39.6. The number of hydrogen-bond acceptors (Lipinski definition) is 6. The number of azo groups is 1. The lowest BCUT2D eigenvalue weighted by molar-refractivity contribution is 0.445. The van der Waals surface area contributed by atoms with Gasteiger partial charge in [0.15, 0.2) is 11.5 Å². The van der Waals surface area contributed by atoms with E-state index >= 15 is 0 Å². The molecule has 0 saturated heterocycles. The molecule has 0 amide bonds. The molecule has 142 valence electrons. The molecule has 27 heavy (non-hydrogen) atoms. The summed E-state index contributed by atoms with van der Waals surface area (Å²) in [6, 6.07) is 6.77. The van der Waals surface area contributed by atoms with Gasteiger partial charge in [0.25, 0.3) is 0 Å². The van der Waals surface area contributed by atoms with Crippen molar-refractivity contribution in [2.24, 2.45) is 10.2 Å². The van der Waals surface area contributed by atoms with Crippen molar-refractivity contribution in [2.45, 2.75) is 18.7 Å². The zero-order valence-electron chi connectivity index (χ0n) is 14.7. The molecule has 1 aromatic carbocycles. The Balaban J connectivity index is 1.89. The van der Waals surface area contributed by atoms with Gasteiger partial charge in [-0.25, -0.2) is 17.8 Å². The molecule has 0 fully saturated rings. The lowest BCUT2D eigenvalue weighted by Gasteiger charge is -2.17. The molecule has 10 heteroatoms. The molecule has 0 bridgehead atoms. The Labute approximate surface area is 155 Å². The lowest BCUT2D eigenvalue weighted by atomic mass is 10.2. The Morgan fingerprint density at radius 2 is 1.93 bits per heavy atom. The fraction of sp³-hybridized carbons (Fsp3) is 0.235. The third-order valence-electron chi connectivity index (χ3n) is 4.03. The average Bonchev–Trinajstić information content (AvgIpc) is 2.95. The van der Waals surface area contributed by atoms with Crippen molar-refractivity contribution in [1.82, 2.24) is 14.3 Å². The van der Waals surface area contributed by atoms with E-state index in [1.54, 1.807) is 13.8 Å². The molecule has 8 nitrogen and oxygen atoms in total. The lowest BCUT2D eigenvalue weighted by Crippen LogP contribution is -2.30. The summed E-state index contributed by atoms with van der Waals surface area (Å²) >= 11 is 0. The molecule has 2 N–H and O–H groups in total. The predicted molar refractivity (Wildman–Crippen MR) is 98.4 cm³/mol. The number of hydrogen-bond donors (Lipinski definition) is 2. The van der Waals surface area contributed by atoms with Gasteiger partial charge in [-0.1, -0.05) is 13.8 Å². The zero-order chi connectivity index (χ0) is 19.6. The van der Waals surface area contributed by atoms with Crippen LogP contribution in [-0.2, 0) is 10.0 Å². The van der Waals surface area contributed by atoms with Crippen molar-refractivity contribution in [2.75, 3.05) is 13.1 Å². The van der Waals surface area contributed by atoms with Gasteiger partial charge in [0, 0.05) is 24.7 Å². The molecule has 0 aliphatic rings. The predicted octanol–water partition coefficient (Wildman–Crippen LogP) is 3.85. The van der Waals surface area contributed by atoms with Crippen LogP contribution in [0.2, 0.25) is 0 Å². The summed E-state index contributed by atoms with van der Waals surface area (Å²) in [6.45, 7) is 4.23. The summed E-state index contributed by atoms with van der Waals surface area (Å²) in [5, 5.41) is 18.1. The summed E-state index contributed by atoms with van der Waals surface area (Å²) in [5.74, 6) is -0.569. The maximum absolute atomic E-state index is 13.4. The maximum Gasteiger partial charge on any atom is 0.244 e. The number of benzene rings is 1. The highest BCUT2D eigenvalue weighted by molar-refractivity contribution is 7.89. The molecule has 0 saturated carbocycles. The van der Waals surface area contributed by atoms with E-state index in [2.05, 4.69) is 20.2 Å². The van der Waals surface area contributed by atoms with Crippen LogP contribution in [0.4, 0.5) is 15.9 Å². The van der Waals surface area contributed by atoms with Crippen molar-refractivity contribution < 1.29 is 17.9 Å². The first kappa shape index (κ1) is 18.9. The number of fused-ring (bicyclic) bond motifs is 1. The van der Waals surface area contributed by atoms with E-state index in [0.29, 0.717) is 24.0 Å². The normalized spacial score (nSPS) is 12.4. The highest BCUT2D eigenvalue weighted by atomic mass is 32.2. The first-order valence-corrected chi connectivity index (χ1v) is 9.69. The highest BCUT2D eigenvalue weighted by Crippen LogP contribution is 2.36. The third kappa shape index (κ3) is 3.67. The first-order valence-electron chi connectivity index (χ1n) is 8.25. The smallest absolute Gasteiger partial charge is 0.244 e. The summed E-state index contributed by atoms with van der Waals surface area (Å²) in [6.07, 6.45) is 1.21. The van der Waals surface area contributed by atoms with Crippen LogP contribution in [0.5, 0.6) is 5.88 Å². The van der Waals surface area contributed by atoms with Crippen LogP contribution in [0.25, 0.3) is 10.9 Å². The van der Waals surface area contributed by atoms with Crippen LogP contribution in [0.15, 0.2) is 51.7 Å². The highest BCUT2D eigenvalue weighted by Gasteiger charge is 2.21. The Morgan fingerprint density at radius 1 is 1.19 bits per heavy atom. The SMILES string of the molecule is CCN(CC)S(=O)(=O)c1ccc(N=Nc2c(O)[nH]c3ccc(F)cc23)nc1. The van der Waals surface area contributed by atoms with Crippen LogP contribution < -0.4 is 0 Å². The molecule has 0 spiro atoms. The van der Waals surface area contributed by atoms with Crippen molar-refractivity contribution in [3.63, 3.8) is 0 Å². The molecule has 0 unspecified atom stereocenters. The standard InChI is InChI=1S/C17H18FN5O3S/c1-3-23(4-2)27(25,26)12-6-8-15(19-10-12)21-22-16-13-9-11(18)5-7-14(13)20-17(16)24/h5-10,20,24H,3-4H2,1-2H3. The zero-order valence-corrected chi connectivity index (χ0v) is 15.5. The van der Waals surface area contributed by atoms with Gasteiger partial charge in [-0.05, 0) is 30.3 Å². The minimum Gasteiger partial charge on any atom is -0.493 e. The molecule has 0 atom stereocenters. The van der Waals surface area contributed by atoms with Crippen LogP contribution in [0, 0.1) is 5.82 Å². The second-order valence-electron chi connectivity index (χ2n) is 5.65. The molecule has 3 rings (SSSR count). The minimum absolute atomic E-state index is 0.0576. The number of aromatic amines is 1. The Bertz CT molecular complexity index is 1090. The number of sulfonamides is 1. The number of H-pyrrole nitrogens is 1. The van der Waals surface area contributed by atoms with Gasteiger partial charge in [-0.2, -0.15) is 4.31 Å². The van der Waals surface area contributed by atoms with E-state index in [1.165, 1.54) is 40.8 Å². The molecular formula is C17H18FN5O3S. The second-order valence-corrected chi connectivity index (χ2v) is 7.59. The van der Waals surface area contributed by atoms with Crippen molar-refractivity contribution in [3.05, 3.63) is 42.3 Å². The van der Waals surface area contributed by atoms with E-state index < -0.39 is 15.8 Å². The monoisotopic (exact) mass is 391 g/mol. The fourth-order valence-electron chi connectivity index (χ4n) is 2.63. The maximum atomic E-state index is 13.4. The number of nitrogens with zero attached hydrogens (tertiary/aromatic N) is 4. The van der Waals surface area contributed by atoms with Gasteiger partial charge in [0.2, 0.25) is 15.9 Å². The summed E-state index contributed by atoms with van der Waals surface area (Å²) in [4.78, 5) is 6.72. The van der Waals surface area contributed by atoms with Crippen LogP contribution >= 0.6 is 0 Å². The first-order chi connectivity index (χ1) is 12.9. The molecule has 0 aliphatic carbocycles. The Morgan fingerprint density at radius 3 is 2.56 bits per heavy atom. The van der Waals surface area contributed by atoms with E-state index in [0.717, 1.165) is 0 Å². The number of aromatic hydroxyl groups is 1. The topological polar surface area (TPSA) is 111 Å².